The monoisotopic (exact) mass is 333 g/mol. The zero-order chi connectivity index (χ0) is 16.2. The van der Waals surface area contributed by atoms with Crippen LogP contribution in [0.2, 0.25) is 0 Å². The minimum Gasteiger partial charge on any atom is -0.357 e. The van der Waals surface area contributed by atoms with Gasteiger partial charge in [0.1, 0.15) is 0 Å². The second kappa shape index (κ2) is 6.64. The topological polar surface area (TPSA) is 55.6 Å². The normalized spacial score (nSPS) is 10.7. The van der Waals surface area contributed by atoms with Crippen molar-refractivity contribution in [1.29, 1.82) is 0 Å². The van der Waals surface area contributed by atoms with Crippen LogP contribution < -0.4 is 5.32 Å². The van der Waals surface area contributed by atoms with Gasteiger partial charge in [-0.05, 0) is 12.1 Å². The molecule has 0 atom stereocenters. The number of pyridine rings is 1. The molecule has 0 aliphatic heterocycles. The Hall–Kier alpha value is -2.99. The molecule has 1 N–H and O–H groups in total. The number of hydrogen-bond donors (Lipinski definition) is 1. The quantitative estimate of drug-likeness (QED) is 0.600. The number of nitrogens with one attached hydrogen (secondary N) is 1. The highest BCUT2D eigenvalue weighted by Gasteiger charge is 2.08. The van der Waals surface area contributed by atoms with Crippen LogP contribution in [0.5, 0.6) is 0 Å². The molecule has 0 saturated carbocycles. The van der Waals surface area contributed by atoms with Gasteiger partial charge in [0, 0.05) is 41.6 Å². The van der Waals surface area contributed by atoms with Crippen molar-refractivity contribution in [2.45, 2.75) is 6.54 Å². The number of rotatable bonds is 5. The Labute approximate surface area is 143 Å². The summed E-state index contributed by atoms with van der Waals surface area (Å²) in [7, 11) is 0. The van der Waals surface area contributed by atoms with Gasteiger partial charge in [0.05, 0.1) is 5.69 Å². The van der Waals surface area contributed by atoms with Gasteiger partial charge in [-0.2, -0.15) is 5.10 Å². The molecule has 24 heavy (non-hydrogen) atoms. The van der Waals surface area contributed by atoms with Crippen molar-refractivity contribution >= 4 is 16.5 Å². The molecule has 4 aromatic rings. The molecule has 0 amide bonds. The van der Waals surface area contributed by atoms with Gasteiger partial charge in [0.15, 0.2) is 10.9 Å². The van der Waals surface area contributed by atoms with Crippen molar-refractivity contribution in [3.05, 3.63) is 78.1 Å². The van der Waals surface area contributed by atoms with E-state index in [9.17, 15) is 0 Å². The fraction of sp³-hybridized carbons (Fsp3) is 0.0556. The van der Waals surface area contributed by atoms with E-state index < -0.39 is 0 Å². The predicted octanol–water partition coefficient (Wildman–Crippen LogP) is 4.00. The average Bonchev–Trinajstić information content (AvgIpc) is 3.33. The van der Waals surface area contributed by atoms with Crippen LogP contribution in [0, 0.1) is 0 Å². The number of aromatic nitrogens is 4. The summed E-state index contributed by atoms with van der Waals surface area (Å²) in [6.07, 6.45) is 5.42. The van der Waals surface area contributed by atoms with E-state index in [0.29, 0.717) is 6.54 Å². The Balaban J connectivity index is 1.51. The van der Waals surface area contributed by atoms with Crippen molar-refractivity contribution in [1.82, 2.24) is 19.7 Å². The molecule has 3 heterocycles. The summed E-state index contributed by atoms with van der Waals surface area (Å²) >= 11 is 1.60. The van der Waals surface area contributed by atoms with Crippen molar-refractivity contribution in [3.8, 4) is 17.1 Å². The van der Waals surface area contributed by atoms with Gasteiger partial charge in [-0.15, -0.1) is 11.3 Å². The number of benzene rings is 1. The molecule has 0 saturated heterocycles. The highest BCUT2D eigenvalue weighted by atomic mass is 32.1. The molecule has 0 spiro atoms. The standard InChI is InChI=1S/C18H15N5S/c1-2-6-14(7-3-1)16-13-24-18(22-16)20-12-15-8-4-9-19-17(15)23-11-5-10-21-23/h1-11,13H,12H2,(H,20,22). The molecule has 6 heteroatoms. The minimum atomic E-state index is 0.644. The summed E-state index contributed by atoms with van der Waals surface area (Å²) in [5.74, 6) is 0.829. The van der Waals surface area contributed by atoms with Crippen LogP contribution in [0.25, 0.3) is 17.1 Å². The Morgan fingerprint density at radius 2 is 1.92 bits per heavy atom. The Morgan fingerprint density at radius 3 is 2.75 bits per heavy atom. The Kier molecular flexibility index (Phi) is 4.04. The molecule has 5 nitrogen and oxygen atoms in total. The average molecular weight is 333 g/mol. The lowest BCUT2D eigenvalue weighted by atomic mass is 10.2. The van der Waals surface area contributed by atoms with Crippen LogP contribution in [-0.4, -0.2) is 19.7 Å². The predicted molar refractivity (Wildman–Crippen MR) is 96.2 cm³/mol. The number of hydrogen-bond acceptors (Lipinski definition) is 5. The Morgan fingerprint density at radius 1 is 1.00 bits per heavy atom. The van der Waals surface area contributed by atoms with Crippen LogP contribution in [-0.2, 0) is 6.54 Å². The summed E-state index contributed by atoms with van der Waals surface area (Å²) < 4.78 is 1.77. The van der Waals surface area contributed by atoms with E-state index in [1.165, 1.54) is 0 Å². The van der Waals surface area contributed by atoms with Gasteiger partial charge >= 0.3 is 0 Å². The van der Waals surface area contributed by atoms with Crippen molar-refractivity contribution in [2.75, 3.05) is 5.32 Å². The van der Waals surface area contributed by atoms with Crippen molar-refractivity contribution < 1.29 is 0 Å². The maximum absolute atomic E-state index is 4.65. The third-order valence-corrected chi connectivity index (χ3v) is 4.39. The molecule has 4 rings (SSSR count). The van der Waals surface area contributed by atoms with Crippen LogP contribution in [0.1, 0.15) is 5.56 Å². The van der Waals surface area contributed by atoms with E-state index in [1.54, 1.807) is 28.4 Å². The third kappa shape index (κ3) is 3.04. The zero-order valence-electron chi connectivity index (χ0n) is 12.8. The number of nitrogens with zero attached hydrogens (tertiary/aromatic N) is 4. The molecule has 118 valence electrons. The first-order valence-electron chi connectivity index (χ1n) is 7.59. The molecule has 1 aromatic carbocycles. The molecule has 0 aliphatic carbocycles. The molecule has 0 radical (unpaired) electrons. The van der Waals surface area contributed by atoms with Gasteiger partial charge in [0.2, 0.25) is 0 Å². The van der Waals surface area contributed by atoms with Crippen LogP contribution >= 0.6 is 11.3 Å². The van der Waals surface area contributed by atoms with Crippen LogP contribution in [0.3, 0.4) is 0 Å². The lowest BCUT2D eigenvalue weighted by Gasteiger charge is -2.08. The lowest BCUT2D eigenvalue weighted by molar-refractivity contribution is 0.829. The molecule has 0 fully saturated rings. The number of thiazole rings is 1. The van der Waals surface area contributed by atoms with E-state index in [0.717, 1.165) is 27.8 Å². The summed E-state index contributed by atoms with van der Waals surface area (Å²) in [6.45, 7) is 0.644. The van der Waals surface area contributed by atoms with Gasteiger partial charge < -0.3 is 5.32 Å². The first-order valence-corrected chi connectivity index (χ1v) is 8.47. The summed E-state index contributed by atoms with van der Waals surface area (Å²) in [5.41, 5.74) is 3.18. The molecule has 0 bridgehead atoms. The molecule has 0 unspecified atom stereocenters. The first-order chi connectivity index (χ1) is 11.9. The first kappa shape index (κ1) is 14.6. The molecule has 0 aliphatic rings. The Bertz CT molecular complexity index is 916. The highest BCUT2D eigenvalue weighted by molar-refractivity contribution is 7.14. The van der Waals surface area contributed by atoms with Crippen molar-refractivity contribution in [3.63, 3.8) is 0 Å². The van der Waals surface area contributed by atoms with E-state index in [1.807, 2.05) is 42.6 Å². The summed E-state index contributed by atoms with van der Waals surface area (Å²) in [5, 5.41) is 10.6. The molecular weight excluding hydrogens is 318 g/mol. The summed E-state index contributed by atoms with van der Waals surface area (Å²) in [4.78, 5) is 9.08. The van der Waals surface area contributed by atoms with E-state index in [4.69, 9.17) is 0 Å². The SMILES string of the molecule is c1ccc(-c2csc(NCc3cccnc3-n3cccn3)n2)cc1. The molecular formula is C18H15N5S. The highest BCUT2D eigenvalue weighted by Crippen LogP contribution is 2.25. The van der Waals surface area contributed by atoms with E-state index >= 15 is 0 Å². The zero-order valence-corrected chi connectivity index (χ0v) is 13.6. The van der Waals surface area contributed by atoms with Crippen LogP contribution in [0.4, 0.5) is 5.13 Å². The van der Waals surface area contributed by atoms with Gasteiger partial charge in [-0.1, -0.05) is 36.4 Å². The minimum absolute atomic E-state index is 0.644. The summed E-state index contributed by atoms with van der Waals surface area (Å²) in [6, 6.07) is 16.0. The van der Waals surface area contributed by atoms with Crippen molar-refractivity contribution in [2.24, 2.45) is 0 Å². The van der Waals surface area contributed by atoms with Gasteiger partial charge in [0.25, 0.3) is 0 Å². The maximum atomic E-state index is 4.65. The largest absolute Gasteiger partial charge is 0.357 e. The molecule has 3 aromatic heterocycles. The lowest BCUT2D eigenvalue weighted by Crippen LogP contribution is -2.07. The fourth-order valence-electron chi connectivity index (χ4n) is 2.44. The van der Waals surface area contributed by atoms with Crippen LogP contribution in [0.15, 0.2) is 72.5 Å². The number of anilines is 1. The second-order valence-corrected chi connectivity index (χ2v) is 6.05. The third-order valence-electron chi connectivity index (χ3n) is 3.59. The van der Waals surface area contributed by atoms with Gasteiger partial charge in [-0.3, -0.25) is 0 Å². The fourth-order valence-corrected chi connectivity index (χ4v) is 3.15. The smallest absolute Gasteiger partial charge is 0.183 e. The van der Waals surface area contributed by atoms with E-state index in [-0.39, 0.29) is 0 Å². The van der Waals surface area contributed by atoms with Gasteiger partial charge in [-0.25, -0.2) is 14.6 Å². The second-order valence-electron chi connectivity index (χ2n) is 5.19. The maximum Gasteiger partial charge on any atom is 0.183 e. The van der Waals surface area contributed by atoms with E-state index in [2.05, 4.69) is 37.9 Å².